The summed E-state index contributed by atoms with van der Waals surface area (Å²) < 4.78 is 0. The van der Waals surface area contributed by atoms with Gasteiger partial charge in [-0.2, -0.15) is 0 Å². The van der Waals surface area contributed by atoms with E-state index in [0.717, 1.165) is 12.1 Å². The normalized spacial score (nSPS) is 11.9. The average Bonchev–Trinajstić information content (AvgIpc) is 2.52. The zero-order chi connectivity index (χ0) is 15.1. The minimum Gasteiger partial charge on any atom is -0.378 e. The Kier molecular flexibility index (Phi) is 5.38. The molecule has 1 unspecified atom stereocenters. The molecule has 1 atom stereocenters. The fourth-order valence-corrected chi connectivity index (χ4v) is 2.35. The summed E-state index contributed by atoms with van der Waals surface area (Å²) in [6.07, 6.45) is 3.43. The lowest BCUT2D eigenvalue weighted by molar-refractivity contribution is 0.100. The van der Waals surface area contributed by atoms with E-state index in [1.807, 2.05) is 18.2 Å². The maximum Gasteiger partial charge on any atom is 0.248 e. The molecule has 0 radical (unpaired) electrons. The number of rotatable bonds is 7. The number of benzene rings is 2. The SMILES string of the molecule is CCCCC(Nc1ccc(C(N)=O)cc1)c1ccccc1. The third kappa shape index (κ3) is 4.35. The number of carbonyl (C=O) groups excluding carboxylic acids is 1. The van der Waals surface area contributed by atoms with Crippen LogP contribution in [0.15, 0.2) is 54.6 Å². The Morgan fingerprint density at radius 2 is 1.76 bits per heavy atom. The van der Waals surface area contributed by atoms with Crippen LogP contribution in [0.5, 0.6) is 0 Å². The van der Waals surface area contributed by atoms with Crippen molar-refractivity contribution < 1.29 is 4.79 Å². The highest BCUT2D eigenvalue weighted by Crippen LogP contribution is 2.24. The predicted octanol–water partition coefficient (Wildman–Crippen LogP) is 4.13. The summed E-state index contributed by atoms with van der Waals surface area (Å²) in [5.74, 6) is -0.396. The number of primary amides is 1. The van der Waals surface area contributed by atoms with E-state index in [-0.39, 0.29) is 6.04 Å². The first-order valence-electron chi connectivity index (χ1n) is 7.42. The third-order valence-electron chi connectivity index (χ3n) is 3.56. The van der Waals surface area contributed by atoms with Crippen LogP contribution in [-0.4, -0.2) is 5.91 Å². The summed E-state index contributed by atoms with van der Waals surface area (Å²) in [4.78, 5) is 11.1. The van der Waals surface area contributed by atoms with Crippen molar-refractivity contribution in [3.8, 4) is 0 Å². The lowest BCUT2D eigenvalue weighted by Crippen LogP contribution is -2.12. The third-order valence-corrected chi connectivity index (χ3v) is 3.56. The molecule has 0 saturated carbocycles. The second-order valence-corrected chi connectivity index (χ2v) is 5.19. The van der Waals surface area contributed by atoms with E-state index in [1.165, 1.54) is 18.4 Å². The second-order valence-electron chi connectivity index (χ2n) is 5.19. The lowest BCUT2D eigenvalue weighted by atomic mass is 10.0. The molecule has 0 aliphatic rings. The van der Waals surface area contributed by atoms with E-state index in [4.69, 9.17) is 5.73 Å². The molecule has 2 aromatic rings. The Morgan fingerprint density at radius 3 is 2.33 bits per heavy atom. The molecule has 0 bridgehead atoms. The zero-order valence-electron chi connectivity index (χ0n) is 12.4. The molecule has 3 nitrogen and oxygen atoms in total. The second kappa shape index (κ2) is 7.48. The number of anilines is 1. The van der Waals surface area contributed by atoms with Gasteiger partial charge in [-0.05, 0) is 36.2 Å². The van der Waals surface area contributed by atoms with Crippen LogP contribution in [0.25, 0.3) is 0 Å². The van der Waals surface area contributed by atoms with E-state index < -0.39 is 5.91 Å². The van der Waals surface area contributed by atoms with Crippen LogP contribution in [-0.2, 0) is 0 Å². The molecule has 2 rings (SSSR count). The van der Waals surface area contributed by atoms with Crippen LogP contribution in [0, 0.1) is 0 Å². The predicted molar refractivity (Wildman–Crippen MR) is 87.3 cm³/mol. The lowest BCUT2D eigenvalue weighted by Gasteiger charge is -2.20. The van der Waals surface area contributed by atoms with Crippen LogP contribution in [0.3, 0.4) is 0 Å². The van der Waals surface area contributed by atoms with E-state index in [2.05, 4.69) is 36.5 Å². The summed E-state index contributed by atoms with van der Waals surface area (Å²) in [6, 6.07) is 18.0. The van der Waals surface area contributed by atoms with Crippen molar-refractivity contribution in [3.63, 3.8) is 0 Å². The van der Waals surface area contributed by atoms with Gasteiger partial charge in [0.05, 0.1) is 6.04 Å². The molecule has 3 N–H and O–H groups in total. The Balaban J connectivity index is 2.12. The summed E-state index contributed by atoms with van der Waals surface area (Å²) >= 11 is 0. The highest BCUT2D eigenvalue weighted by molar-refractivity contribution is 5.93. The van der Waals surface area contributed by atoms with Crippen molar-refractivity contribution in [2.24, 2.45) is 5.73 Å². The standard InChI is InChI=1S/C18H22N2O/c1-2-3-9-17(14-7-5-4-6-8-14)20-16-12-10-15(11-13-16)18(19)21/h4-8,10-13,17,20H,2-3,9H2,1H3,(H2,19,21). The molecule has 0 aliphatic carbocycles. The van der Waals surface area contributed by atoms with Gasteiger partial charge in [0.2, 0.25) is 5.91 Å². The smallest absolute Gasteiger partial charge is 0.248 e. The van der Waals surface area contributed by atoms with E-state index in [1.54, 1.807) is 12.1 Å². The highest BCUT2D eigenvalue weighted by atomic mass is 16.1. The quantitative estimate of drug-likeness (QED) is 0.802. The Hall–Kier alpha value is -2.29. The summed E-state index contributed by atoms with van der Waals surface area (Å²) in [5, 5.41) is 3.54. The molecule has 0 fully saturated rings. The van der Waals surface area contributed by atoms with Gasteiger partial charge in [-0.25, -0.2) is 0 Å². The zero-order valence-corrected chi connectivity index (χ0v) is 12.4. The molecule has 0 aliphatic heterocycles. The summed E-state index contributed by atoms with van der Waals surface area (Å²) in [5.41, 5.74) is 8.08. The minimum absolute atomic E-state index is 0.283. The van der Waals surface area contributed by atoms with Crippen molar-refractivity contribution >= 4 is 11.6 Å². The molecule has 0 heterocycles. The van der Waals surface area contributed by atoms with Crippen molar-refractivity contribution in [2.45, 2.75) is 32.2 Å². The average molecular weight is 282 g/mol. The topological polar surface area (TPSA) is 55.1 Å². The van der Waals surface area contributed by atoms with Gasteiger partial charge in [0.1, 0.15) is 0 Å². The van der Waals surface area contributed by atoms with Crippen LogP contribution >= 0.6 is 0 Å². The summed E-state index contributed by atoms with van der Waals surface area (Å²) in [7, 11) is 0. The number of amides is 1. The van der Waals surface area contributed by atoms with Crippen molar-refractivity contribution in [3.05, 3.63) is 65.7 Å². The summed E-state index contributed by atoms with van der Waals surface area (Å²) in [6.45, 7) is 2.20. The van der Waals surface area contributed by atoms with Gasteiger partial charge >= 0.3 is 0 Å². The molecule has 0 spiro atoms. The van der Waals surface area contributed by atoms with Gasteiger partial charge in [0.25, 0.3) is 0 Å². The number of hydrogen-bond acceptors (Lipinski definition) is 2. The maximum absolute atomic E-state index is 11.1. The largest absolute Gasteiger partial charge is 0.378 e. The fourth-order valence-electron chi connectivity index (χ4n) is 2.35. The molecular formula is C18H22N2O. The number of nitrogens with two attached hydrogens (primary N) is 1. The molecule has 21 heavy (non-hydrogen) atoms. The molecule has 1 amide bonds. The number of unbranched alkanes of at least 4 members (excludes halogenated alkanes) is 1. The number of nitrogens with one attached hydrogen (secondary N) is 1. The van der Waals surface area contributed by atoms with Gasteiger partial charge in [-0.3, -0.25) is 4.79 Å². The molecule has 0 saturated heterocycles. The van der Waals surface area contributed by atoms with Gasteiger partial charge in [-0.1, -0.05) is 50.1 Å². The van der Waals surface area contributed by atoms with Crippen LogP contribution in [0.2, 0.25) is 0 Å². The number of hydrogen-bond donors (Lipinski definition) is 2. The Morgan fingerprint density at radius 1 is 1.10 bits per heavy atom. The molecule has 2 aromatic carbocycles. The first-order chi connectivity index (χ1) is 10.2. The molecule has 3 heteroatoms. The Labute approximate surface area is 126 Å². The fraction of sp³-hybridized carbons (Fsp3) is 0.278. The van der Waals surface area contributed by atoms with Crippen molar-refractivity contribution in [1.82, 2.24) is 0 Å². The number of carbonyl (C=O) groups is 1. The Bertz CT molecular complexity index is 564. The van der Waals surface area contributed by atoms with E-state index >= 15 is 0 Å². The van der Waals surface area contributed by atoms with Crippen molar-refractivity contribution in [1.29, 1.82) is 0 Å². The van der Waals surface area contributed by atoms with Gasteiger partial charge in [-0.15, -0.1) is 0 Å². The first kappa shape index (κ1) is 15.1. The van der Waals surface area contributed by atoms with Crippen LogP contribution in [0.1, 0.15) is 48.1 Å². The van der Waals surface area contributed by atoms with Crippen LogP contribution < -0.4 is 11.1 Å². The van der Waals surface area contributed by atoms with Crippen LogP contribution in [0.4, 0.5) is 5.69 Å². The maximum atomic E-state index is 11.1. The van der Waals surface area contributed by atoms with E-state index in [9.17, 15) is 4.79 Å². The van der Waals surface area contributed by atoms with Gasteiger partial charge in [0.15, 0.2) is 0 Å². The highest BCUT2D eigenvalue weighted by Gasteiger charge is 2.10. The van der Waals surface area contributed by atoms with E-state index in [0.29, 0.717) is 5.56 Å². The molecule has 0 aromatic heterocycles. The van der Waals surface area contributed by atoms with Gasteiger partial charge in [0, 0.05) is 11.3 Å². The first-order valence-corrected chi connectivity index (χ1v) is 7.42. The molecule has 110 valence electrons. The van der Waals surface area contributed by atoms with Crippen molar-refractivity contribution in [2.75, 3.05) is 5.32 Å². The van der Waals surface area contributed by atoms with Gasteiger partial charge < -0.3 is 11.1 Å². The monoisotopic (exact) mass is 282 g/mol. The minimum atomic E-state index is -0.396. The molecular weight excluding hydrogens is 260 g/mol.